The first kappa shape index (κ1) is 20.1. The van der Waals surface area contributed by atoms with Crippen LogP contribution in [-0.4, -0.2) is 49.1 Å². The molecule has 2 aromatic carbocycles. The van der Waals surface area contributed by atoms with Crippen molar-refractivity contribution in [3.8, 4) is 5.75 Å². The number of nitrogens with zero attached hydrogens (tertiary/aromatic N) is 3. The molecule has 0 atom stereocenters. The highest BCUT2D eigenvalue weighted by molar-refractivity contribution is 5.98. The molecule has 1 aliphatic rings. The topological polar surface area (TPSA) is 45.7 Å². The van der Waals surface area contributed by atoms with Gasteiger partial charge in [0.1, 0.15) is 17.3 Å². The summed E-state index contributed by atoms with van der Waals surface area (Å²) in [6.07, 6.45) is 0. The van der Waals surface area contributed by atoms with Gasteiger partial charge in [-0.1, -0.05) is 12.1 Å². The van der Waals surface area contributed by atoms with E-state index in [4.69, 9.17) is 4.74 Å². The Kier molecular flexibility index (Phi) is 5.33. The van der Waals surface area contributed by atoms with E-state index >= 15 is 0 Å². The van der Waals surface area contributed by atoms with Gasteiger partial charge in [-0.15, -0.1) is 0 Å². The second kappa shape index (κ2) is 7.94. The molecule has 1 saturated heterocycles. The van der Waals surface area contributed by atoms with Gasteiger partial charge in [0.15, 0.2) is 0 Å². The van der Waals surface area contributed by atoms with Crippen LogP contribution in [0.4, 0.5) is 10.1 Å². The number of fused-ring (bicyclic) bond motifs is 1. The van der Waals surface area contributed by atoms with Gasteiger partial charge < -0.3 is 14.5 Å². The van der Waals surface area contributed by atoms with Crippen molar-refractivity contribution in [2.45, 2.75) is 20.8 Å². The van der Waals surface area contributed by atoms with E-state index in [1.165, 1.54) is 36.1 Å². The molecule has 0 bridgehead atoms. The van der Waals surface area contributed by atoms with Crippen LogP contribution in [0.3, 0.4) is 0 Å². The lowest BCUT2D eigenvalue weighted by molar-refractivity contribution is 0.0741. The first-order chi connectivity index (χ1) is 14.4. The van der Waals surface area contributed by atoms with E-state index < -0.39 is 0 Å². The monoisotopic (exact) mass is 407 g/mol. The fourth-order valence-corrected chi connectivity index (χ4v) is 4.10. The highest BCUT2D eigenvalue weighted by Gasteiger charge is 2.25. The Morgan fingerprint density at radius 1 is 1.03 bits per heavy atom. The van der Waals surface area contributed by atoms with Gasteiger partial charge in [-0.3, -0.25) is 4.79 Å². The van der Waals surface area contributed by atoms with E-state index in [0.29, 0.717) is 41.0 Å². The maximum absolute atomic E-state index is 13.8. The number of halogens is 1. The molecule has 0 saturated carbocycles. The molecule has 1 fully saturated rings. The van der Waals surface area contributed by atoms with Crippen molar-refractivity contribution in [2.24, 2.45) is 0 Å². The Balaban J connectivity index is 1.57. The summed E-state index contributed by atoms with van der Waals surface area (Å²) < 4.78 is 19.3. The lowest BCUT2D eigenvalue weighted by Gasteiger charge is -2.37. The number of aromatic nitrogens is 1. The molecule has 0 N–H and O–H groups in total. The van der Waals surface area contributed by atoms with Crippen LogP contribution < -0.4 is 9.64 Å². The first-order valence-electron chi connectivity index (χ1n) is 10.1. The molecule has 2 heterocycles. The van der Waals surface area contributed by atoms with Crippen molar-refractivity contribution in [3.63, 3.8) is 0 Å². The van der Waals surface area contributed by atoms with Crippen molar-refractivity contribution in [1.82, 2.24) is 9.88 Å². The number of carbonyl (C=O) groups is 1. The van der Waals surface area contributed by atoms with Crippen LogP contribution >= 0.6 is 0 Å². The molecule has 1 aliphatic heterocycles. The summed E-state index contributed by atoms with van der Waals surface area (Å²) in [6.45, 7) is 8.82. The average Bonchev–Trinajstić information content (AvgIpc) is 2.74. The summed E-state index contributed by atoms with van der Waals surface area (Å²) in [7, 11) is 1.52. The van der Waals surface area contributed by atoms with E-state index in [1.54, 1.807) is 13.0 Å². The van der Waals surface area contributed by atoms with Gasteiger partial charge in [-0.2, -0.15) is 0 Å². The van der Waals surface area contributed by atoms with Crippen molar-refractivity contribution < 1.29 is 13.9 Å². The van der Waals surface area contributed by atoms with Crippen LogP contribution in [0.15, 0.2) is 36.4 Å². The number of pyridine rings is 1. The minimum atomic E-state index is -0.346. The number of anilines is 1. The van der Waals surface area contributed by atoms with Gasteiger partial charge in [0.2, 0.25) is 0 Å². The highest BCUT2D eigenvalue weighted by atomic mass is 19.1. The molecular weight excluding hydrogens is 381 g/mol. The zero-order valence-corrected chi connectivity index (χ0v) is 17.8. The standard InChI is InChI=1S/C24H26FN3O2/c1-15-6-5-7-21(17(15)3)27-8-10-28(11-9-27)24(29)20-14-22(30-4)19-13-18(25)12-16(2)23(19)26-20/h5-7,12-14H,8-11H2,1-4H3. The molecule has 0 spiro atoms. The maximum Gasteiger partial charge on any atom is 0.272 e. The smallest absolute Gasteiger partial charge is 0.272 e. The van der Waals surface area contributed by atoms with Gasteiger partial charge in [-0.05, 0) is 55.7 Å². The Labute approximate surface area is 176 Å². The molecule has 30 heavy (non-hydrogen) atoms. The zero-order chi connectivity index (χ0) is 21.4. The van der Waals surface area contributed by atoms with E-state index in [0.717, 1.165) is 13.1 Å². The summed E-state index contributed by atoms with van der Waals surface area (Å²) in [4.78, 5) is 21.9. The number of rotatable bonds is 3. The molecule has 5 nitrogen and oxygen atoms in total. The molecule has 156 valence electrons. The number of methoxy groups -OCH3 is 1. The number of piperazine rings is 1. The summed E-state index contributed by atoms with van der Waals surface area (Å²) in [5.41, 5.74) is 5.37. The molecule has 6 heteroatoms. The van der Waals surface area contributed by atoms with E-state index in [2.05, 4.69) is 41.9 Å². The molecule has 1 aromatic heterocycles. The molecule has 0 aliphatic carbocycles. The number of amides is 1. The largest absolute Gasteiger partial charge is 0.496 e. The third kappa shape index (κ3) is 3.58. The number of hydrogen-bond acceptors (Lipinski definition) is 4. The number of ether oxygens (including phenoxy) is 1. The van der Waals surface area contributed by atoms with Crippen molar-refractivity contribution in [2.75, 3.05) is 38.2 Å². The normalized spacial score (nSPS) is 14.3. The van der Waals surface area contributed by atoms with Crippen molar-refractivity contribution in [1.29, 1.82) is 0 Å². The van der Waals surface area contributed by atoms with Crippen LogP contribution in [0.2, 0.25) is 0 Å². The third-order valence-electron chi connectivity index (χ3n) is 5.95. The minimum absolute atomic E-state index is 0.125. The third-order valence-corrected chi connectivity index (χ3v) is 5.95. The minimum Gasteiger partial charge on any atom is -0.496 e. The van der Waals surface area contributed by atoms with Gasteiger partial charge in [0.05, 0.1) is 12.6 Å². The Hall–Kier alpha value is -3.15. The fraction of sp³-hybridized carbons (Fsp3) is 0.333. The molecule has 3 aromatic rings. The van der Waals surface area contributed by atoms with Crippen molar-refractivity contribution >= 4 is 22.5 Å². The quantitative estimate of drug-likeness (QED) is 0.651. The molecule has 4 rings (SSSR count). The van der Waals surface area contributed by atoms with Crippen LogP contribution in [0.5, 0.6) is 5.75 Å². The summed E-state index contributed by atoms with van der Waals surface area (Å²) in [5, 5.41) is 0.575. The summed E-state index contributed by atoms with van der Waals surface area (Å²) >= 11 is 0. The van der Waals surface area contributed by atoms with E-state index in [-0.39, 0.29) is 11.7 Å². The molecule has 0 radical (unpaired) electrons. The van der Waals surface area contributed by atoms with Crippen LogP contribution in [0.1, 0.15) is 27.2 Å². The lowest BCUT2D eigenvalue weighted by Crippen LogP contribution is -2.49. The Morgan fingerprint density at radius 2 is 1.77 bits per heavy atom. The van der Waals surface area contributed by atoms with Crippen LogP contribution in [-0.2, 0) is 0 Å². The maximum atomic E-state index is 13.8. The number of benzene rings is 2. The number of hydrogen-bond donors (Lipinski definition) is 0. The highest BCUT2D eigenvalue weighted by Crippen LogP contribution is 2.29. The molecular formula is C24H26FN3O2. The van der Waals surface area contributed by atoms with Crippen molar-refractivity contribution in [3.05, 3.63) is 64.6 Å². The van der Waals surface area contributed by atoms with Gasteiger partial charge in [-0.25, -0.2) is 9.37 Å². The predicted octanol–water partition coefficient (Wildman–Crippen LogP) is 4.27. The lowest BCUT2D eigenvalue weighted by atomic mass is 10.1. The zero-order valence-electron chi connectivity index (χ0n) is 17.8. The fourth-order valence-electron chi connectivity index (χ4n) is 4.10. The van der Waals surface area contributed by atoms with E-state index in [1.807, 2.05) is 4.90 Å². The molecule has 1 amide bonds. The average molecular weight is 407 g/mol. The number of aryl methyl sites for hydroxylation is 2. The van der Waals surface area contributed by atoms with Gasteiger partial charge >= 0.3 is 0 Å². The number of carbonyl (C=O) groups excluding carboxylic acids is 1. The van der Waals surface area contributed by atoms with Crippen LogP contribution in [0, 0.1) is 26.6 Å². The summed E-state index contributed by atoms with van der Waals surface area (Å²) in [6, 6.07) is 10.8. The first-order valence-corrected chi connectivity index (χ1v) is 10.1. The van der Waals surface area contributed by atoms with Gasteiger partial charge in [0, 0.05) is 43.3 Å². The van der Waals surface area contributed by atoms with E-state index in [9.17, 15) is 9.18 Å². The SMILES string of the molecule is COc1cc(C(=O)N2CCN(c3cccc(C)c3C)CC2)nc2c(C)cc(F)cc12. The predicted molar refractivity (Wildman–Crippen MR) is 117 cm³/mol. The Morgan fingerprint density at radius 3 is 2.47 bits per heavy atom. The molecule has 0 unspecified atom stereocenters. The van der Waals surface area contributed by atoms with Gasteiger partial charge in [0.25, 0.3) is 5.91 Å². The second-order valence-corrected chi connectivity index (χ2v) is 7.83. The Bertz CT molecular complexity index is 1120. The van der Waals surface area contributed by atoms with Crippen LogP contribution in [0.25, 0.3) is 10.9 Å². The second-order valence-electron chi connectivity index (χ2n) is 7.83. The summed E-state index contributed by atoms with van der Waals surface area (Å²) in [5.74, 6) is -0.0127.